The van der Waals surface area contributed by atoms with Gasteiger partial charge in [-0.1, -0.05) is 54.6 Å². The van der Waals surface area contributed by atoms with E-state index in [1.807, 2.05) is 0 Å². The average Bonchev–Trinajstić information content (AvgIpc) is 2.86. The van der Waals surface area contributed by atoms with Gasteiger partial charge in [0.15, 0.2) is 0 Å². The molecule has 1 aliphatic carbocycles. The van der Waals surface area contributed by atoms with E-state index in [4.69, 9.17) is 0 Å². The van der Waals surface area contributed by atoms with Crippen molar-refractivity contribution in [2.75, 3.05) is 0 Å². The Morgan fingerprint density at radius 2 is 1.65 bits per heavy atom. The Labute approximate surface area is 118 Å². The first-order valence-electron chi connectivity index (χ1n) is 7.09. The van der Waals surface area contributed by atoms with Crippen LogP contribution >= 0.6 is 0 Å². The second-order valence-corrected chi connectivity index (χ2v) is 5.57. The van der Waals surface area contributed by atoms with E-state index >= 15 is 0 Å². The van der Waals surface area contributed by atoms with E-state index in [-0.39, 0.29) is 6.10 Å². The van der Waals surface area contributed by atoms with Gasteiger partial charge in [-0.2, -0.15) is 0 Å². The number of hydrogen-bond acceptors (Lipinski definition) is 1. The summed E-state index contributed by atoms with van der Waals surface area (Å²) in [6.45, 7) is 0. The third kappa shape index (κ3) is 1.83. The highest BCUT2D eigenvalue weighted by molar-refractivity contribution is 5.88. The molecule has 0 spiro atoms. The van der Waals surface area contributed by atoms with Crippen molar-refractivity contribution in [1.29, 1.82) is 0 Å². The van der Waals surface area contributed by atoms with E-state index in [9.17, 15) is 5.11 Å². The van der Waals surface area contributed by atoms with Crippen LogP contribution in [-0.4, -0.2) is 11.2 Å². The van der Waals surface area contributed by atoms with Crippen molar-refractivity contribution in [1.82, 2.24) is 0 Å². The summed E-state index contributed by atoms with van der Waals surface area (Å²) in [5.41, 5.74) is 5.12. The molecular weight excluding hydrogens is 244 g/mol. The summed E-state index contributed by atoms with van der Waals surface area (Å²) in [5, 5.41) is 12.4. The van der Waals surface area contributed by atoms with E-state index in [1.165, 1.54) is 33.0 Å². The van der Waals surface area contributed by atoms with Crippen LogP contribution in [0.25, 0.3) is 21.9 Å². The van der Waals surface area contributed by atoms with Crippen LogP contribution in [0, 0.1) is 0 Å². The second kappa shape index (κ2) is 4.46. The molecule has 3 aromatic rings. The third-order valence-corrected chi connectivity index (χ3v) is 4.23. The maximum Gasteiger partial charge on any atom is 0.0621 e. The minimum atomic E-state index is -0.216. The molecule has 0 heterocycles. The number of aliphatic hydroxyl groups is 1. The van der Waals surface area contributed by atoms with Gasteiger partial charge in [-0.05, 0) is 51.9 Å². The van der Waals surface area contributed by atoms with Crippen molar-refractivity contribution < 1.29 is 5.11 Å². The van der Waals surface area contributed by atoms with Crippen molar-refractivity contribution in [2.45, 2.75) is 18.9 Å². The number of benzene rings is 3. The molecule has 3 aromatic carbocycles. The molecule has 0 saturated heterocycles. The molecule has 1 heteroatoms. The Kier molecular flexibility index (Phi) is 2.61. The number of hydrogen-bond donors (Lipinski definition) is 1. The van der Waals surface area contributed by atoms with Gasteiger partial charge in [-0.25, -0.2) is 0 Å². The molecular formula is C19H16O. The van der Waals surface area contributed by atoms with Crippen molar-refractivity contribution in [3.8, 4) is 11.1 Å². The summed E-state index contributed by atoms with van der Waals surface area (Å²) in [6.07, 6.45) is 1.35. The minimum absolute atomic E-state index is 0.216. The van der Waals surface area contributed by atoms with Crippen LogP contribution in [0.1, 0.15) is 11.1 Å². The molecule has 1 nitrogen and oxygen atoms in total. The fourth-order valence-corrected chi connectivity index (χ4v) is 3.26. The highest BCUT2D eigenvalue weighted by Crippen LogP contribution is 2.33. The molecule has 1 atom stereocenters. The molecule has 20 heavy (non-hydrogen) atoms. The lowest BCUT2D eigenvalue weighted by molar-refractivity contribution is 0.187. The topological polar surface area (TPSA) is 20.2 Å². The Hall–Kier alpha value is -2.12. The van der Waals surface area contributed by atoms with E-state index in [2.05, 4.69) is 60.7 Å². The van der Waals surface area contributed by atoms with Gasteiger partial charge in [0, 0.05) is 0 Å². The predicted octanol–water partition coefficient (Wildman–Crippen LogP) is 3.97. The van der Waals surface area contributed by atoms with Crippen molar-refractivity contribution in [3.05, 3.63) is 71.8 Å². The largest absolute Gasteiger partial charge is 0.392 e. The monoisotopic (exact) mass is 260 g/mol. The molecule has 1 aliphatic rings. The summed E-state index contributed by atoms with van der Waals surface area (Å²) >= 11 is 0. The lowest BCUT2D eigenvalue weighted by atomic mass is 9.95. The molecule has 0 saturated carbocycles. The summed E-state index contributed by atoms with van der Waals surface area (Å²) in [7, 11) is 0. The van der Waals surface area contributed by atoms with Gasteiger partial charge in [0.25, 0.3) is 0 Å². The first-order chi connectivity index (χ1) is 9.81. The van der Waals surface area contributed by atoms with Crippen LogP contribution in [0.15, 0.2) is 60.7 Å². The van der Waals surface area contributed by atoms with E-state index in [0.717, 1.165) is 12.8 Å². The van der Waals surface area contributed by atoms with Crippen LogP contribution in [0.4, 0.5) is 0 Å². The van der Waals surface area contributed by atoms with Crippen molar-refractivity contribution in [3.63, 3.8) is 0 Å². The first kappa shape index (κ1) is 11.7. The van der Waals surface area contributed by atoms with E-state index < -0.39 is 0 Å². The van der Waals surface area contributed by atoms with E-state index in [1.54, 1.807) is 0 Å². The van der Waals surface area contributed by atoms with Gasteiger partial charge in [-0.3, -0.25) is 0 Å². The lowest BCUT2D eigenvalue weighted by Crippen LogP contribution is -2.03. The minimum Gasteiger partial charge on any atom is -0.392 e. The van der Waals surface area contributed by atoms with Crippen LogP contribution < -0.4 is 0 Å². The number of rotatable bonds is 1. The fourth-order valence-electron chi connectivity index (χ4n) is 3.26. The predicted molar refractivity (Wildman–Crippen MR) is 82.8 cm³/mol. The summed E-state index contributed by atoms with van der Waals surface area (Å²) in [4.78, 5) is 0. The maximum atomic E-state index is 9.89. The van der Waals surface area contributed by atoms with Crippen molar-refractivity contribution >= 4 is 10.8 Å². The highest BCUT2D eigenvalue weighted by atomic mass is 16.3. The molecule has 4 rings (SSSR count). The molecule has 0 radical (unpaired) electrons. The summed E-state index contributed by atoms with van der Waals surface area (Å²) < 4.78 is 0. The zero-order chi connectivity index (χ0) is 13.5. The zero-order valence-corrected chi connectivity index (χ0v) is 11.2. The first-order valence-corrected chi connectivity index (χ1v) is 7.09. The Balaban J connectivity index is 1.90. The van der Waals surface area contributed by atoms with Crippen LogP contribution in [-0.2, 0) is 12.8 Å². The summed E-state index contributed by atoms with van der Waals surface area (Å²) in [5.74, 6) is 0. The lowest BCUT2D eigenvalue weighted by Gasteiger charge is -2.09. The second-order valence-electron chi connectivity index (χ2n) is 5.57. The van der Waals surface area contributed by atoms with Gasteiger partial charge in [0.2, 0.25) is 0 Å². The fraction of sp³-hybridized carbons (Fsp3) is 0.158. The third-order valence-electron chi connectivity index (χ3n) is 4.23. The molecule has 1 unspecified atom stereocenters. The molecule has 0 bridgehead atoms. The van der Waals surface area contributed by atoms with Gasteiger partial charge in [-0.15, -0.1) is 0 Å². The molecule has 98 valence electrons. The molecule has 0 amide bonds. The smallest absolute Gasteiger partial charge is 0.0621 e. The highest BCUT2D eigenvalue weighted by Gasteiger charge is 2.22. The Bertz CT molecular complexity index is 789. The average molecular weight is 260 g/mol. The molecule has 0 aromatic heterocycles. The zero-order valence-electron chi connectivity index (χ0n) is 11.2. The SMILES string of the molecule is OC1Cc2cccc(-c3ccc4ccccc4c3)c2C1. The summed E-state index contributed by atoms with van der Waals surface area (Å²) in [6, 6.07) is 21.4. The Morgan fingerprint density at radius 3 is 2.55 bits per heavy atom. The number of fused-ring (bicyclic) bond motifs is 2. The van der Waals surface area contributed by atoms with Gasteiger partial charge in [0.05, 0.1) is 6.10 Å². The maximum absolute atomic E-state index is 9.89. The van der Waals surface area contributed by atoms with Gasteiger partial charge in [0.1, 0.15) is 0 Å². The van der Waals surface area contributed by atoms with E-state index in [0.29, 0.717) is 0 Å². The number of aliphatic hydroxyl groups excluding tert-OH is 1. The molecule has 0 aliphatic heterocycles. The van der Waals surface area contributed by atoms with Gasteiger partial charge < -0.3 is 5.11 Å². The normalized spacial score (nSPS) is 17.4. The van der Waals surface area contributed by atoms with Crippen LogP contribution in [0.3, 0.4) is 0 Å². The molecule has 0 fully saturated rings. The van der Waals surface area contributed by atoms with Crippen LogP contribution in [0.5, 0.6) is 0 Å². The van der Waals surface area contributed by atoms with Crippen molar-refractivity contribution in [2.24, 2.45) is 0 Å². The quantitative estimate of drug-likeness (QED) is 0.702. The molecule has 1 N–H and O–H groups in total. The Morgan fingerprint density at radius 1 is 0.800 bits per heavy atom. The standard InChI is InChI=1S/C19H16O/c20-17-11-15-6-3-7-18(19(15)12-17)16-9-8-13-4-1-2-5-14(13)10-16/h1-10,17,20H,11-12H2. The van der Waals surface area contributed by atoms with Crippen LogP contribution in [0.2, 0.25) is 0 Å². The van der Waals surface area contributed by atoms with Gasteiger partial charge >= 0.3 is 0 Å².